The van der Waals surface area contributed by atoms with E-state index in [9.17, 15) is 35.9 Å². The van der Waals surface area contributed by atoms with Gasteiger partial charge < -0.3 is 5.32 Å². The number of anilines is 1. The van der Waals surface area contributed by atoms with E-state index in [1.54, 1.807) is 18.2 Å². The number of nitrogens with one attached hydrogen (secondary N) is 1. The number of halogens is 6. The first kappa shape index (κ1) is 20.7. The number of hydrogen-bond acceptors (Lipinski definition) is 2. The summed E-state index contributed by atoms with van der Waals surface area (Å²) in [5, 5.41) is 2.36. The van der Waals surface area contributed by atoms with E-state index < -0.39 is 46.9 Å². The van der Waals surface area contributed by atoms with Crippen molar-refractivity contribution in [1.82, 2.24) is 5.32 Å². The van der Waals surface area contributed by atoms with Crippen molar-refractivity contribution >= 4 is 17.5 Å². The smallest absolute Gasteiger partial charge is 0.357 e. The van der Waals surface area contributed by atoms with Crippen LogP contribution in [0.15, 0.2) is 42.5 Å². The molecule has 0 saturated carbocycles. The van der Waals surface area contributed by atoms with E-state index in [1.165, 1.54) is 13.1 Å². The summed E-state index contributed by atoms with van der Waals surface area (Å²) in [5.74, 6) is -1.71. The standard InChI is InChI=1S/C19H14F6N2O2/c1-26-16(28)15-8-10-4-2-3-5-14(10)27(15)17(29)11-6-12(18(20,21)22)9-13(7-11)19(23,24)25/h2-7,9,15H,8H2,1H3,(H,26,28). The lowest BCUT2D eigenvalue weighted by atomic mass is 10.0. The van der Waals surface area contributed by atoms with E-state index in [0.717, 1.165) is 4.90 Å². The summed E-state index contributed by atoms with van der Waals surface area (Å²) < 4.78 is 78.7. The van der Waals surface area contributed by atoms with Crippen molar-refractivity contribution in [2.75, 3.05) is 11.9 Å². The zero-order valence-electron chi connectivity index (χ0n) is 14.9. The van der Waals surface area contributed by atoms with Gasteiger partial charge in [-0.25, -0.2) is 0 Å². The fourth-order valence-electron chi connectivity index (χ4n) is 3.23. The van der Waals surface area contributed by atoms with E-state index in [0.29, 0.717) is 17.7 Å². The lowest BCUT2D eigenvalue weighted by molar-refractivity contribution is -0.143. The second-order valence-electron chi connectivity index (χ2n) is 6.43. The number of nitrogens with zero attached hydrogens (tertiary/aromatic N) is 1. The number of carbonyl (C=O) groups is 2. The van der Waals surface area contributed by atoms with E-state index in [4.69, 9.17) is 0 Å². The molecule has 10 heteroatoms. The Bertz CT molecular complexity index is 936. The van der Waals surface area contributed by atoms with Crippen molar-refractivity contribution in [3.63, 3.8) is 0 Å². The minimum atomic E-state index is -5.08. The van der Waals surface area contributed by atoms with E-state index in [-0.39, 0.29) is 18.2 Å². The molecule has 1 aliphatic rings. The molecule has 2 aromatic rings. The first-order chi connectivity index (χ1) is 13.4. The van der Waals surface area contributed by atoms with Gasteiger partial charge in [-0.05, 0) is 29.8 Å². The number of alkyl halides is 6. The molecule has 0 aliphatic carbocycles. The molecule has 0 spiro atoms. The normalized spacial score (nSPS) is 16.5. The maximum absolute atomic E-state index is 13.1. The van der Waals surface area contributed by atoms with Crippen molar-refractivity contribution in [3.05, 3.63) is 64.7 Å². The monoisotopic (exact) mass is 416 g/mol. The number of hydrogen-bond donors (Lipinski definition) is 1. The molecule has 1 heterocycles. The molecule has 2 amide bonds. The maximum Gasteiger partial charge on any atom is 0.416 e. The Labute approximate surface area is 161 Å². The number of para-hydroxylation sites is 1. The number of amides is 2. The van der Waals surface area contributed by atoms with Crippen molar-refractivity contribution in [2.24, 2.45) is 0 Å². The highest BCUT2D eigenvalue weighted by Gasteiger charge is 2.41. The number of likely N-dealkylation sites (N-methyl/N-ethyl adjacent to an activating group) is 1. The zero-order valence-corrected chi connectivity index (χ0v) is 14.9. The molecular formula is C19H14F6N2O2. The quantitative estimate of drug-likeness (QED) is 0.752. The Balaban J connectivity index is 2.14. The summed E-state index contributed by atoms with van der Waals surface area (Å²) >= 11 is 0. The number of benzene rings is 2. The molecule has 4 nitrogen and oxygen atoms in total. The van der Waals surface area contributed by atoms with Crippen molar-refractivity contribution < 1.29 is 35.9 Å². The van der Waals surface area contributed by atoms with Gasteiger partial charge in [-0.15, -0.1) is 0 Å². The summed E-state index contributed by atoms with van der Waals surface area (Å²) in [6.07, 6.45) is -10.1. The molecule has 2 aromatic carbocycles. The zero-order chi connectivity index (χ0) is 21.6. The van der Waals surface area contributed by atoms with Gasteiger partial charge in [0.2, 0.25) is 5.91 Å². The lowest BCUT2D eigenvalue weighted by Gasteiger charge is -2.25. The molecule has 1 N–H and O–H groups in total. The van der Waals surface area contributed by atoms with Gasteiger partial charge in [0.25, 0.3) is 5.91 Å². The first-order valence-electron chi connectivity index (χ1n) is 8.36. The Morgan fingerprint density at radius 1 is 0.966 bits per heavy atom. The fourth-order valence-corrected chi connectivity index (χ4v) is 3.23. The molecule has 3 rings (SSSR count). The van der Waals surface area contributed by atoms with Crippen LogP contribution in [0.25, 0.3) is 0 Å². The minimum Gasteiger partial charge on any atom is -0.357 e. The number of fused-ring (bicyclic) bond motifs is 1. The Morgan fingerprint density at radius 3 is 2.03 bits per heavy atom. The van der Waals surface area contributed by atoms with Crippen LogP contribution in [0.4, 0.5) is 32.0 Å². The van der Waals surface area contributed by atoms with Crippen LogP contribution < -0.4 is 10.2 Å². The fraction of sp³-hybridized carbons (Fsp3) is 0.263. The van der Waals surface area contributed by atoms with Gasteiger partial charge in [0, 0.05) is 24.7 Å². The Kier molecular flexibility index (Phi) is 5.06. The van der Waals surface area contributed by atoms with Gasteiger partial charge >= 0.3 is 12.4 Å². The Morgan fingerprint density at radius 2 is 1.52 bits per heavy atom. The van der Waals surface area contributed by atoms with Gasteiger partial charge in [-0.1, -0.05) is 18.2 Å². The SMILES string of the molecule is CNC(=O)C1Cc2ccccc2N1C(=O)c1cc(C(F)(F)F)cc(C(F)(F)F)c1. The highest BCUT2D eigenvalue weighted by molar-refractivity contribution is 6.11. The molecule has 1 atom stereocenters. The summed E-state index contributed by atoms with van der Waals surface area (Å²) in [6, 6.07) is 5.90. The van der Waals surface area contributed by atoms with Crippen LogP contribution in [-0.4, -0.2) is 24.9 Å². The predicted octanol–water partition coefficient (Wildman–Crippen LogP) is 4.04. The van der Waals surface area contributed by atoms with Crippen LogP contribution in [0, 0.1) is 0 Å². The first-order valence-corrected chi connectivity index (χ1v) is 8.36. The van der Waals surface area contributed by atoms with Gasteiger partial charge in [-0.2, -0.15) is 26.3 Å². The summed E-state index contributed by atoms with van der Waals surface area (Å²) in [4.78, 5) is 26.2. The Hall–Kier alpha value is -3.04. The van der Waals surface area contributed by atoms with Crippen LogP contribution in [0.2, 0.25) is 0 Å². The van der Waals surface area contributed by atoms with Gasteiger partial charge in [0.05, 0.1) is 11.1 Å². The van der Waals surface area contributed by atoms with Gasteiger partial charge in [0.15, 0.2) is 0 Å². The highest BCUT2D eigenvalue weighted by Crippen LogP contribution is 2.38. The lowest BCUT2D eigenvalue weighted by Crippen LogP contribution is -2.47. The van der Waals surface area contributed by atoms with Crippen LogP contribution in [-0.2, 0) is 23.6 Å². The third-order valence-electron chi connectivity index (χ3n) is 4.58. The topological polar surface area (TPSA) is 49.4 Å². The molecule has 0 bridgehead atoms. The average molecular weight is 416 g/mol. The van der Waals surface area contributed by atoms with Crippen molar-refractivity contribution in [1.29, 1.82) is 0 Å². The predicted molar refractivity (Wildman–Crippen MR) is 91.3 cm³/mol. The van der Waals surface area contributed by atoms with Gasteiger partial charge in [0.1, 0.15) is 6.04 Å². The van der Waals surface area contributed by atoms with Crippen LogP contribution >= 0.6 is 0 Å². The van der Waals surface area contributed by atoms with Crippen LogP contribution in [0.3, 0.4) is 0 Å². The maximum atomic E-state index is 13.1. The highest BCUT2D eigenvalue weighted by atomic mass is 19.4. The molecule has 0 aromatic heterocycles. The molecule has 1 unspecified atom stereocenters. The summed E-state index contributed by atoms with van der Waals surface area (Å²) in [7, 11) is 1.32. The molecule has 154 valence electrons. The molecular weight excluding hydrogens is 402 g/mol. The van der Waals surface area contributed by atoms with Gasteiger partial charge in [-0.3, -0.25) is 14.5 Å². The largest absolute Gasteiger partial charge is 0.416 e. The second kappa shape index (κ2) is 7.09. The molecule has 29 heavy (non-hydrogen) atoms. The van der Waals surface area contributed by atoms with Crippen LogP contribution in [0.1, 0.15) is 27.0 Å². The second-order valence-corrected chi connectivity index (χ2v) is 6.43. The summed E-state index contributed by atoms with van der Waals surface area (Å²) in [5.41, 5.74) is -3.16. The van der Waals surface area contributed by atoms with Crippen molar-refractivity contribution in [3.8, 4) is 0 Å². The molecule has 0 radical (unpaired) electrons. The van der Waals surface area contributed by atoms with E-state index in [1.807, 2.05) is 0 Å². The number of carbonyl (C=O) groups excluding carboxylic acids is 2. The average Bonchev–Trinajstić information content (AvgIpc) is 3.04. The molecule has 0 saturated heterocycles. The van der Waals surface area contributed by atoms with E-state index in [2.05, 4.69) is 5.32 Å². The minimum absolute atomic E-state index is 0.0507. The third kappa shape index (κ3) is 3.92. The van der Waals surface area contributed by atoms with Crippen molar-refractivity contribution in [2.45, 2.75) is 24.8 Å². The van der Waals surface area contributed by atoms with E-state index >= 15 is 0 Å². The number of rotatable bonds is 2. The third-order valence-corrected chi connectivity index (χ3v) is 4.58. The molecule has 1 aliphatic heterocycles. The summed E-state index contributed by atoms with van der Waals surface area (Å²) in [6.45, 7) is 0. The van der Waals surface area contributed by atoms with Crippen LogP contribution in [0.5, 0.6) is 0 Å². The molecule has 0 fully saturated rings.